The molecule has 0 aromatic carbocycles. The zero-order valence-electron chi connectivity index (χ0n) is 71.0. The number of nitriles is 5. The first-order valence-electron chi connectivity index (χ1n) is 41.4. The van der Waals surface area contributed by atoms with Gasteiger partial charge in [-0.15, -0.1) is 12.4 Å². The summed E-state index contributed by atoms with van der Waals surface area (Å²) in [5.74, 6) is 1.02. The molecule has 7 aromatic heterocycles. The SMILES string of the molecule is CC1(C)OB(c2cn[nH]c2)OC1(C)C.CC1(C)OB(c2cnn(CCCN3CCCC(C#N)C3)c2)OC1(C)C.CS(=O)(=O)OCCCN1CCCC(C#N)C1.Cl.Clc1ccc2ncc(Br)cc2n1.N#CC1CCCN(CCCO)C1.N#CC1CCCN(CCCn2cc(-c3cnc4ccc(Cl)nc4c3)cn2)C1.N#CC1CCCNC1.OCCCBr. The van der Waals surface area contributed by atoms with Gasteiger partial charge in [0.25, 0.3) is 10.1 Å². The van der Waals surface area contributed by atoms with Gasteiger partial charge in [-0.1, -0.05) is 39.1 Å². The van der Waals surface area contributed by atoms with Crippen molar-refractivity contribution in [1.29, 1.82) is 26.3 Å². The van der Waals surface area contributed by atoms with Gasteiger partial charge in [-0.25, -0.2) is 9.97 Å². The Morgan fingerprint density at radius 3 is 1.39 bits per heavy atom. The van der Waals surface area contributed by atoms with E-state index in [4.69, 9.17) is 78.3 Å². The predicted molar refractivity (Wildman–Crippen MR) is 480 cm³/mol. The zero-order valence-corrected chi connectivity index (χ0v) is 77.3. The van der Waals surface area contributed by atoms with E-state index in [1.54, 1.807) is 30.7 Å². The Balaban J connectivity index is 0.000000221. The van der Waals surface area contributed by atoms with Crippen LogP contribution in [0.3, 0.4) is 0 Å². The van der Waals surface area contributed by atoms with Crippen LogP contribution in [-0.4, -0.2) is 248 Å². The van der Waals surface area contributed by atoms with E-state index in [1.165, 1.54) is 0 Å². The molecular weight excluding hydrogens is 1740 g/mol. The molecule has 29 nitrogen and oxygen atoms in total. The zero-order chi connectivity index (χ0) is 86.4. The van der Waals surface area contributed by atoms with Gasteiger partial charge in [0.15, 0.2) is 0 Å². The molecule has 14 heterocycles. The molecule has 7 saturated heterocycles. The van der Waals surface area contributed by atoms with Crippen LogP contribution in [0.4, 0.5) is 0 Å². The molecule has 654 valence electrons. The third-order valence-electron chi connectivity index (χ3n) is 22.0. The van der Waals surface area contributed by atoms with Crippen molar-refractivity contribution in [3.8, 4) is 41.5 Å². The number of piperidine rings is 5. The van der Waals surface area contributed by atoms with Gasteiger partial charge in [0.05, 0.1) is 123 Å². The highest BCUT2D eigenvalue weighted by Crippen LogP contribution is 2.38. The molecule has 0 amide bonds. The minimum Gasteiger partial charge on any atom is -0.399 e. The van der Waals surface area contributed by atoms with Crippen LogP contribution in [0.5, 0.6) is 0 Å². The fourth-order valence-electron chi connectivity index (χ4n) is 13.9. The van der Waals surface area contributed by atoms with E-state index in [0.29, 0.717) is 23.3 Å². The van der Waals surface area contributed by atoms with Crippen molar-refractivity contribution in [2.24, 2.45) is 29.6 Å². The van der Waals surface area contributed by atoms with Crippen molar-refractivity contribution in [3.05, 3.63) is 101 Å². The molecule has 7 aliphatic rings. The van der Waals surface area contributed by atoms with E-state index in [0.717, 1.165) is 255 Å². The molecule has 0 bridgehead atoms. The number of aryl methyl sites for hydroxylation is 2. The summed E-state index contributed by atoms with van der Waals surface area (Å²) in [5, 5.41) is 81.3. The summed E-state index contributed by atoms with van der Waals surface area (Å²) in [4.78, 5) is 26.3. The second kappa shape index (κ2) is 52.4. The Kier molecular flexibility index (Phi) is 44.7. The van der Waals surface area contributed by atoms with Crippen LogP contribution in [0.15, 0.2) is 90.4 Å². The fourth-order valence-corrected chi connectivity index (χ4v) is 15.2. The van der Waals surface area contributed by atoms with E-state index >= 15 is 0 Å². The number of alkyl halides is 1. The minimum absolute atomic E-state index is 0. The molecule has 0 saturated carbocycles. The molecule has 0 radical (unpaired) electrons. The summed E-state index contributed by atoms with van der Waals surface area (Å²) in [6.07, 6.45) is 31.1. The maximum atomic E-state index is 10.7. The number of aliphatic hydroxyl groups excluding tert-OH is 2. The smallest absolute Gasteiger partial charge is 0.399 e. The molecular formula is C83H121B2Br2Cl3N20O9S. The number of aromatic nitrogens is 10. The van der Waals surface area contributed by atoms with Crippen LogP contribution >= 0.6 is 67.5 Å². The van der Waals surface area contributed by atoms with Crippen molar-refractivity contribution in [3.63, 3.8) is 0 Å². The summed E-state index contributed by atoms with van der Waals surface area (Å²) < 4.78 is 54.7. The first-order valence-corrected chi connectivity index (χ1v) is 45.9. The molecule has 0 aliphatic carbocycles. The Morgan fingerprint density at radius 2 is 0.975 bits per heavy atom. The largest absolute Gasteiger partial charge is 0.498 e. The molecule has 120 heavy (non-hydrogen) atoms. The predicted octanol–water partition coefficient (Wildman–Crippen LogP) is 12.2. The Bertz CT molecular complexity index is 4450. The van der Waals surface area contributed by atoms with E-state index in [-0.39, 0.29) is 91.9 Å². The van der Waals surface area contributed by atoms with Crippen molar-refractivity contribution in [2.75, 3.05) is 123 Å². The standard InChI is InChI=1S/C20H21ClN6.C18H29BN4O2.C10H18N2O3S.C9H15BN2O2.C9H16N2O.C8H4BrClN2.C6H10N2.C3H7BrO.ClH/c21-20-5-4-18-19(25-20)9-16(11-23-18)17-12-24-27(14-17)8-2-7-26-6-1-3-15(10-22)13-26;1-17(2)18(3,4)25-19(24-17)16-12-21-23(14-16)10-6-9-22-8-5-7-15(11-20)13-22;1-16(13,14)15-7-3-6-12-5-2-4-10(8-11)9-12;1-8(2)9(3,4)14-10(13-8)7-5-11-12-6-7;10-7-9-3-1-4-11(8-9)5-2-6-12;9-5-3-7-6(11-4-5)1-2-8(10)12-7;7-4-6-2-1-3-8-5-6;4-2-1-3-5;/h4-5,9,11-12,14-15H,1-3,6-8,13H2;12,14-15H,5-10,13H2,1-4H3;10H,2-7,9H2,1H3;5-6H,1-4H3,(H,11,12);9,12H,1-6,8H2;1-4H;6,8H,1-3,5H2;5H,1-3H2;1H. The number of aliphatic hydroxyl groups is 2. The lowest BCUT2D eigenvalue weighted by molar-refractivity contribution is 0.00578. The number of fused-ring (bicyclic) bond motifs is 2. The topological polar surface area (TPSA) is 381 Å². The monoisotopic (exact) mass is 1860 g/mol. The van der Waals surface area contributed by atoms with Gasteiger partial charge < -0.3 is 53.7 Å². The Hall–Kier alpha value is -6.37. The van der Waals surface area contributed by atoms with Gasteiger partial charge in [-0.3, -0.25) is 28.6 Å². The summed E-state index contributed by atoms with van der Waals surface area (Å²) >= 11 is 18.2. The lowest BCUT2D eigenvalue weighted by atomic mass is 9.82. The molecule has 5 unspecified atom stereocenters. The van der Waals surface area contributed by atoms with E-state index in [9.17, 15) is 8.42 Å². The third kappa shape index (κ3) is 35.3. The van der Waals surface area contributed by atoms with Gasteiger partial charge in [0, 0.05) is 147 Å². The number of likely N-dealkylation sites (tertiary alicyclic amines) is 4. The minimum atomic E-state index is -3.31. The van der Waals surface area contributed by atoms with E-state index < -0.39 is 10.1 Å². The van der Waals surface area contributed by atoms with Gasteiger partial charge in [0.1, 0.15) is 10.3 Å². The maximum Gasteiger partial charge on any atom is 0.498 e. The van der Waals surface area contributed by atoms with Gasteiger partial charge in [-0.05, 0) is 250 Å². The maximum absolute atomic E-state index is 10.7. The molecule has 5 atom stereocenters. The van der Waals surface area contributed by atoms with Crippen molar-refractivity contribution in [1.82, 2.24) is 74.6 Å². The highest BCUT2D eigenvalue weighted by molar-refractivity contribution is 9.10. The molecule has 0 spiro atoms. The third-order valence-corrected chi connectivity index (χ3v) is 24.0. The quantitative estimate of drug-likeness (QED) is 0.0171. The summed E-state index contributed by atoms with van der Waals surface area (Å²) in [5.41, 5.74) is 5.95. The summed E-state index contributed by atoms with van der Waals surface area (Å²) in [7, 11) is -3.97. The van der Waals surface area contributed by atoms with Crippen LogP contribution in [0, 0.1) is 86.2 Å². The molecule has 7 fully saturated rings. The molecule has 14 rings (SSSR count). The number of H-pyrrole nitrogens is 1. The van der Waals surface area contributed by atoms with Gasteiger partial charge >= 0.3 is 14.2 Å². The van der Waals surface area contributed by atoms with E-state index in [2.05, 4.69) is 159 Å². The lowest BCUT2D eigenvalue weighted by Gasteiger charge is -2.32. The highest BCUT2D eigenvalue weighted by atomic mass is 79.9. The number of rotatable bonds is 21. The Labute approximate surface area is 744 Å². The average molecular weight is 1860 g/mol. The Morgan fingerprint density at radius 1 is 0.542 bits per heavy atom. The number of pyridine rings is 4. The first-order chi connectivity index (χ1) is 56.9. The molecule has 7 aliphatic heterocycles. The number of aromatic amines is 1. The molecule has 37 heteroatoms. The van der Waals surface area contributed by atoms with Gasteiger partial charge in [0.2, 0.25) is 0 Å². The van der Waals surface area contributed by atoms with Crippen LogP contribution in [0.25, 0.3) is 33.2 Å². The molecule has 7 aromatic rings. The van der Waals surface area contributed by atoms with Crippen molar-refractivity contribution in [2.45, 2.75) is 187 Å². The number of halogens is 5. The normalized spacial score (nSPS) is 21.1. The second-order valence-electron chi connectivity index (χ2n) is 32.6. The van der Waals surface area contributed by atoms with Crippen LogP contribution < -0.4 is 16.2 Å². The fraction of sp³-hybridized carbons (Fsp3) is 0.639. The molecule has 4 N–H and O–H groups in total. The lowest BCUT2D eigenvalue weighted by Crippen LogP contribution is -2.41. The number of hydrogen-bond acceptors (Lipinski definition) is 26. The number of hydrogen-bond donors (Lipinski definition) is 4. The van der Waals surface area contributed by atoms with Crippen LogP contribution in [-0.2, 0) is 46.0 Å². The van der Waals surface area contributed by atoms with E-state index in [1.807, 2.05) is 92.3 Å². The average Bonchev–Trinajstić information content (AvgIpc) is 1.64. The van der Waals surface area contributed by atoms with Gasteiger partial charge in [-0.2, -0.15) is 50.0 Å². The highest BCUT2D eigenvalue weighted by Gasteiger charge is 2.53. The first kappa shape index (κ1) is 102. The second-order valence-corrected chi connectivity index (χ2v) is 36.8. The van der Waals surface area contributed by atoms with Crippen molar-refractivity contribution < 1.29 is 41.4 Å². The van der Waals surface area contributed by atoms with Crippen LogP contribution in [0.2, 0.25) is 10.3 Å². The van der Waals surface area contributed by atoms with Crippen molar-refractivity contribution >= 4 is 125 Å². The number of nitrogens with one attached hydrogen (secondary N) is 2. The number of nitrogens with zero attached hydrogens (tertiary/aromatic N) is 18. The summed E-state index contributed by atoms with van der Waals surface area (Å²) in [6.45, 7) is 32.5. The van der Waals surface area contributed by atoms with Crippen LogP contribution in [0.1, 0.15) is 152 Å². The summed E-state index contributed by atoms with van der Waals surface area (Å²) in [6, 6.07) is 22.7.